The zero-order valence-corrected chi connectivity index (χ0v) is 31.2. The van der Waals surface area contributed by atoms with Gasteiger partial charge in [0.1, 0.15) is 18.3 Å². The van der Waals surface area contributed by atoms with Crippen LogP contribution in [0, 0.1) is 0 Å². The van der Waals surface area contributed by atoms with Gasteiger partial charge in [-0.2, -0.15) is 0 Å². The molecule has 0 spiro atoms. The first-order chi connectivity index (χ1) is 24.9. The summed E-state index contributed by atoms with van der Waals surface area (Å²) in [4.78, 5) is 0. The van der Waals surface area contributed by atoms with Crippen molar-refractivity contribution in [3.63, 3.8) is 0 Å². The van der Waals surface area contributed by atoms with E-state index in [2.05, 4.69) is 124 Å². The van der Waals surface area contributed by atoms with Gasteiger partial charge in [0.05, 0.1) is 39.6 Å². The van der Waals surface area contributed by atoms with Crippen molar-refractivity contribution >= 4 is 18.7 Å². The van der Waals surface area contributed by atoms with Crippen LogP contribution in [0.25, 0.3) is 0 Å². The average molecular weight is 701 g/mol. The Morgan fingerprint density at radius 2 is 0.902 bits per heavy atom. The molecule has 0 saturated heterocycles. The molecule has 0 bridgehead atoms. The molecule has 0 aliphatic heterocycles. The molecule has 0 heterocycles. The van der Waals surface area contributed by atoms with Crippen LogP contribution in [0.1, 0.15) is 37.5 Å². The Morgan fingerprint density at radius 3 is 1.29 bits per heavy atom. The Hall–Kier alpha value is -4.14. The molecule has 0 aliphatic carbocycles. The molecule has 0 aliphatic rings. The van der Waals surface area contributed by atoms with Crippen LogP contribution in [-0.2, 0) is 43.2 Å². The predicted octanol–water partition coefficient (Wildman–Crippen LogP) is 8.52. The van der Waals surface area contributed by atoms with Gasteiger partial charge in [0.15, 0.2) is 0 Å². The van der Waals surface area contributed by atoms with Gasteiger partial charge >= 0.3 is 0 Å². The standard InChI is InChI=1S/C45H52O5Si/c1-5-31-46-35-42(47-32-37-21-11-6-12-22-37)44(49-34-39-25-15-8-16-26-39)43(48-33-38-23-13-7-14-24-38)36-50-51(45(2,3)4,40-27-17-9-18-28-40)41-29-19-10-20-30-41/h5-30,42-44H,1,31-36H2,2-4H3/t42-,43+,44-/m1/s1. The summed E-state index contributed by atoms with van der Waals surface area (Å²) in [6.45, 7) is 12.9. The normalized spacial score (nSPS) is 13.7. The van der Waals surface area contributed by atoms with Crippen molar-refractivity contribution in [2.45, 2.75) is 63.9 Å². The van der Waals surface area contributed by atoms with Crippen molar-refractivity contribution in [3.05, 3.63) is 181 Å². The maximum Gasteiger partial charge on any atom is 0.261 e. The highest BCUT2D eigenvalue weighted by Gasteiger charge is 2.51. The van der Waals surface area contributed by atoms with E-state index in [1.54, 1.807) is 6.08 Å². The third-order valence-corrected chi connectivity index (χ3v) is 14.0. The van der Waals surface area contributed by atoms with Gasteiger partial charge in [0.25, 0.3) is 8.32 Å². The van der Waals surface area contributed by atoms with Crippen LogP contribution in [0.2, 0.25) is 5.04 Å². The van der Waals surface area contributed by atoms with E-state index in [0.29, 0.717) is 33.0 Å². The SMILES string of the molecule is C=CCOC[C@@H](OCc1ccccc1)[C@@H](OCc1ccccc1)[C@H](CO[Si](c1ccccc1)(c1ccccc1)C(C)(C)C)OCc1ccccc1. The lowest BCUT2D eigenvalue weighted by atomic mass is 10.1. The average Bonchev–Trinajstić information content (AvgIpc) is 3.17. The minimum absolute atomic E-state index is 0.212. The fraction of sp³-hybridized carbons (Fsp3) is 0.289. The van der Waals surface area contributed by atoms with E-state index in [9.17, 15) is 0 Å². The van der Waals surface area contributed by atoms with E-state index >= 15 is 0 Å². The summed E-state index contributed by atoms with van der Waals surface area (Å²) in [5.74, 6) is 0. The summed E-state index contributed by atoms with van der Waals surface area (Å²) in [5, 5.41) is 2.20. The molecule has 5 aromatic carbocycles. The van der Waals surface area contributed by atoms with Gasteiger partial charge in [0.2, 0.25) is 0 Å². The Kier molecular flexibility index (Phi) is 14.5. The molecule has 5 rings (SSSR count). The lowest BCUT2D eigenvalue weighted by Crippen LogP contribution is -2.67. The fourth-order valence-corrected chi connectivity index (χ4v) is 11.1. The lowest BCUT2D eigenvalue weighted by molar-refractivity contribution is -0.172. The monoisotopic (exact) mass is 700 g/mol. The molecule has 0 fully saturated rings. The number of hydrogen-bond donors (Lipinski definition) is 0. The topological polar surface area (TPSA) is 46.2 Å². The second kappa shape index (κ2) is 19.5. The molecule has 0 radical (unpaired) electrons. The molecule has 5 nitrogen and oxygen atoms in total. The first kappa shape index (κ1) is 38.1. The van der Waals surface area contributed by atoms with Crippen molar-refractivity contribution < 1.29 is 23.4 Å². The van der Waals surface area contributed by atoms with Crippen LogP contribution < -0.4 is 10.4 Å². The minimum Gasteiger partial charge on any atom is -0.405 e. The summed E-state index contributed by atoms with van der Waals surface area (Å²) in [7, 11) is -2.91. The smallest absolute Gasteiger partial charge is 0.261 e. The number of ether oxygens (including phenoxy) is 4. The molecule has 51 heavy (non-hydrogen) atoms. The van der Waals surface area contributed by atoms with E-state index in [1.165, 1.54) is 10.4 Å². The highest BCUT2D eigenvalue weighted by molar-refractivity contribution is 6.99. The predicted molar refractivity (Wildman–Crippen MR) is 210 cm³/mol. The maximum atomic E-state index is 7.51. The van der Waals surface area contributed by atoms with Crippen LogP contribution in [0.3, 0.4) is 0 Å². The van der Waals surface area contributed by atoms with Crippen molar-refractivity contribution in [3.8, 4) is 0 Å². The maximum absolute atomic E-state index is 7.51. The third-order valence-electron chi connectivity index (χ3n) is 9.03. The van der Waals surface area contributed by atoms with Gasteiger partial charge < -0.3 is 23.4 Å². The van der Waals surface area contributed by atoms with Crippen molar-refractivity contribution in [2.75, 3.05) is 19.8 Å². The molecule has 266 valence electrons. The van der Waals surface area contributed by atoms with Crippen LogP contribution in [0.5, 0.6) is 0 Å². The van der Waals surface area contributed by atoms with Gasteiger partial charge in [-0.15, -0.1) is 6.58 Å². The Bertz CT molecular complexity index is 1640. The highest BCUT2D eigenvalue weighted by atomic mass is 28.4. The Balaban J connectivity index is 1.56. The molecule has 5 aromatic rings. The molecular formula is C45H52O5Si. The second-order valence-electron chi connectivity index (χ2n) is 13.7. The molecule has 0 unspecified atom stereocenters. The second-order valence-corrected chi connectivity index (χ2v) is 18.0. The van der Waals surface area contributed by atoms with Crippen LogP contribution in [0.4, 0.5) is 0 Å². The molecule has 0 N–H and O–H groups in total. The van der Waals surface area contributed by atoms with Gasteiger partial charge in [-0.1, -0.05) is 179 Å². The van der Waals surface area contributed by atoms with Crippen LogP contribution in [-0.4, -0.2) is 46.4 Å². The molecular weight excluding hydrogens is 649 g/mol. The minimum atomic E-state index is -2.91. The van der Waals surface area contributed by atoms with Crippen LogP contribution >= 0.6 is 0 Å². The van der Waals surface area contributed by atoms with E-state index in [-0.39, 0.29) is 11.6 Å². The van der Waals surface area contributed by atoms with Gasteiger partial charge in [-0.05, 0) is 32.1 Å². The van der Waals surface area contributed by atoms with Gasteiger partial charge in [0, 0.05) is 0 Å². The summed E-state index contributed by atoms with van der Waals surface area (Å²) in [6.07, 6.45) is 0.227. The quantitative estimate of drug-likeness (QED) is 0.0463. The van der Waals surface area contributed by atoms with E-state index in [4.69, 9.17) is 23.4 Å². The summed E-state index contributed by atoms with van der Waals surface area (Å²) in [6, 6.07) is 52.0. The van der Waals surface area contributed by atoms with Gasteiger partial charge in [-0.3, -0.25) is 0 Å². The fourth-order valence-electron chi connectivity index (χ4n) is 6.49. The lowest BCUT2D eigenvalue weighted by Gasteiger charge is -2.44. The molecule has 0 amide bonds. The number of benzene rings is 5. The summed E-state index contributed by atoms with van der Waals surface area (Å²) >= 11 is 0. The zero-order valence-electron chi connectivity index (χ0n) is 30.2. The van der Waals surface area contributed by atoms with E-state index in [1.807, 2.05) is 54.6 Å². The molecule has 0 saturated carbocycles. The first-order valence-electron chi connectivity index (χ1n) is 17.8. The van der Waals surface area contributed by atoms with Crippen LogP contribution in [0.15, 0.2) is 164 Å². The van der Waals surface area contributed by atoms with Crippen molar-refractivity contribution in [2.24, 2.45) is 0 Å². The van der Waals surface area contributed by atoms with Crippen molar-refractivity contribution in [1.82, 2.24) is 0 Å². The summed E-state index contributed by atoms with van der Waals surface area (Å²) in [5.41, 5.74) is 3.20. The zero-order chi connectivity index (χ0) is 35.8. The summed E-state index contributed by atoms with van der Waals surface area (Å²) < 4.78 is 34.2. The number of rotatable bonds is 20. The molecule has 3 atom stereocenters. The first-order valence-corrected chi connectivity index (χ1v) is 19.7. The Morgan fingerprint density at radius 1 is 0.529 bits per heavy atom. The molecule has 6 heteroatoms. The number of hydrogen-bond acceptors (Lipinski definition) is 5. The van der Waals surface area contributed by atoms with E-state index in [0.717, 1.165) is 16.7 Å². The Labute approximate surface area is 306 Å². The highest BCUT2D eigenvalue weighted by Crippen LogP contribution is 2.37. The molecule has 0 aromatic heterocycles. The third kappa shape index (κ3) is 10.7. The largest absolute Gasteiger partial charge is 0.405 e. The van der Waals surface area contributed by atoms with Gasteiger partial charge in [-0.25, -0.2) is 0 Å². The van der Waals surface area contributed by atoms with Crippen molar-refractivity contribution in [1.29, 1.82) is 0 Å². The van der Waals surface area contributed by atoms with E-state index < -0.39 is 26.6 Å².